The number of hydrogen-bond donors (Lipinski definition) is 2. The van der Waals surface area contributed by atoms with E-state index in [0.29, 0.717) is 5.56 Å². The van der Waals surface area contributed by atoms with E-state index in [9.17, 15) is 18.0 Å². The Hall–Kier alpha value is -1.89. The lowest BCUT2D eigenvalue weighted by Crippen LogP contribution is -2.44. The fourth-order valence-corrected chi connectivity index (χ4v) is 3.54. The van der Waals surface area contributed by atoms with Gasteiger partial charge in [-0.1, -0.05) is 12.1 Å². The second-order valence-electron chi connectivity index (χ2n) is 4.64. The topological polar surface area (TPSA) is 101 Å². The fraction of sp³-hybridized carbons (Fsp3) is 0.385. The van der Waals surface area contributed by atoms with Crippen molar-refractivity contribution in [3.63, 3.8) is 0 Å². The van der Waals surface area contributed by atoms with Crippen molar-refractivity contribution in [1.82, 2.24) is 5.32 Å². The number of carboxylic acids is 1. The number of aryl methyl sites for hydroxylation is 2. The van der Waals surface area contributed by atoms with Crippen molar-refractivity contribution in [2.75, 3.05) is 5.75 Å². The van der Waals surface area contributed by atoms with Crippen molar-refractivity contribution in [2.24, 2.45) is 0 Å². The predicted octanol–water partition coefficient (Wildman–Crippen LogP) is 0.666. The summed E-state index contributed by atoms with van der Waals surface area (Å²) in [7, 11) is -3.80. The lowest BCUT2D eigenvalue weighted by atomic mass is 10.2. The summed E-state index contributed by atoms with van der Waals surface area (Å²) in [5, 5.41) is 11.1. The molecule has 0 saturated carbocycles. The SMILES string of the molecule is CC(=O)NC(CS(=O)(=O)c1cc(C)ccc1C)C(=O)O. The molecule has 0 fully saturated rings. The first-order valence-electron chi connectivity index (χ1n) is 5.93. The molecule has 1 aromatic rings. The molecule has 2 N–H and O–H groups in total. The predicted molar refractivity (Wildman–Crippen MR) is 73.2 cm³/mol. The molecule has 0 spiro atoms. The van der Waals surface area contributed by atoms with Crippen LogP contribution in [0, 0.1) is 13.8 Å². The maximum atomic E-state index is 12.3. The molecule has 1 rings (SSSR count). The Bertz CT molecular complexity index is 636. The highest BCUT2D eigenvalue weighted by atomic mass is 32.2. The maximum absolute atomic E-state index is 12.3. The Balaban J connectivity index is 3.12. The molecule has 0 bridgehead atoms. The van der Waals surface area contributed by atoms with Crippen molar-refractivity contribution in [2.45, 2.75) is 31.7 Å². The standard InChI is InChI=1S/C13H17NO5S/c1-8-4-5-9(2)12(6-8)20(18,19)7-11(13(16)17)14-10(3)15/h4-6,11H,7H2,1-3H3,(H,14,15)(H,16,17). The van der Waals surface area contributed by atoms with Crippen LogP contribution in [-0.2, 0) is 19.4 Å². The minimum absolute atomic E-state index is 0.0918. The Labute approximate surface area is 117 Å². The van der Waals surface area contributed by atoms with Crippen LogP contribution < -0.4 is 5.32 Å². The van der Waals surface area contributed by atoms with Gasteiger partial charge in [-0.15, -0.1) is 0 Å². The largest absolute Gasteiger partial charge is 0.480 e. The third-order valence-corrected chi connectivity index (χ3v) is 4.62. The van der Waals surface area contributed by atoms with Gasteiger partial charge in [-0.3, -0.25) is 4.79 Å². The number of carboxylic acid groups (broad SMARTS) is 1. The highest BCUT2D eigenvalue weighted by Crippen LogP contribution is 2.19. The molecule has 1 aromatic carbocycles. The molecule has 1 unspecified atom stereocenters. The third-order valence-electron chi connectivity index (χ3n) is 2.74. The van der Waals surface area contributed by atoms with Gasteiger partial charge in [0.2, 0.25) is 5.91 Å². The van der Waals surface area contributed by atoms with Crippen molar-refractivity contribution in [3.05, 3.63) is 29.3 Å². The molecule has 6 nitrogen and oxygen atoms in total. The van der Waals surface area contributed by atoms with E-state index in [4.69, 9.17) is 5.11 Å². The van der Waals surface area contributed by atoms with Crippen molar-refractivity contribution < 1.29 is 23.1 Å². The average molecular weight is 299 g/mol. The van der Waals surface area contributed by atoms with Crippen LogP contribution in [0.25, 0.3) is 0 Å². The second-order valence-corrected chi connectivity index (χ2v) is 6.64. The van der Waals surface area contributed by atoms with Crippen molar-refractivity contribution >= 4 is 21.7 Å². The summed E-state index contributed by atoms with van der Waals surface area (Å²) in [5.74, 6) is -2.64. The number of rotatable bonds is 5. The molecule has 110 valence electrons. The van der Waals surface area contributed by atoms with E-state index in [2.05, 4.69) is 5.32 Å². The van der Waals surface area contributed by atoms with E-state index in [0.717, 1.165) is 12.5 Å². The summed E-state index contributed by atoms with van der Waals surface area (Å²) < 4.78 is 24.6. The molecule has 0 aliphatic carbocycles. The Kier molecular flexibility index (Phi) is 4.88. The summed E-state index contributed by atoms with van der Waals surface area (Å²) in [6.45, 7) is 4.53. The molecule has 0 aliphatic rings. The number of aliphatic carboxylic acids is 1. The van der Waals surface area contributed by atoms with Crippen LogP contribution in [0.15, 0.2) is 23.1 Å². The first-order valence-corrected chi connectivity index (χ1v) is 7.58. The lowest BCUT2D eigenvalue weighted by Gasteiger charge is -2.15. The van der Waals surface area contributed by atoms with Crippen molar-refractivity contribution in [3.8, 4) is 0 Å². The van der Waals surface area contributed by atoms with Gasteiger partial charge in [-0.25, -0.2) is 13.2 Å². The lowest BCUT2D eigenvalue weighted by molar-refractivity contribution is -0.140. The minimum Gasteiger partial charge on any atom is -0.480 e. The highest BCUT2D eigenvalue weighted by Gasteiger charge is 2.28. The van der Waals surface area contributed by atoms with Crippen LogP contribution in [0.3, 0.4) is 0 Å². The molecule has 0 saturated heterocycles. The van der Waals surface area contributed by atoms with E-state index in [1.54, 1.807) is 26.0 Å². The van der Waals surface area contributed by atoms with Gasteiger partial charge in [-0.05, 0) is 31.0 Å². The quantitative estimate of drug-likeness (QED) is 0.832. The van der Waals surface area contributed by atoms with Crippen LogP contribution in [0.5, 0.6) is 0 Å². The molecular formula is C13H17NO5S. The fourth-order valence-electron chi connectivity index (χ4n) is 1.77. The molecule has 7 heteroatoms. The minimum atomic E-state index is -3.80. The van der Waals surface area contributed by atoms with E-state index < -0.39 is 33.5 Å². The molecule has 0 aliphatic heterocycles. The smallest absolute Gasteiger partial charge is 0.327 e. The van der Waals surface area contributed by atoms with Crippen LogP contribution in [0.4, 0.5) is 0 Å². The number of nitrogens with one attached hydrogen (secondary N) is 1. The second kappa shape index (κ2) is 6.04. The molecule has 0 heterocycles. The molecular weight excluding hydrogens is 282 g/mol. The number of sulfone groups is 1. The first-order chi connectivity index (χ1) is 9.13. The number of carbonyl (C=O) groups excluding carboxylic acids is 1. The summed E-state index contributed by atoms with van der Waals surface area (Å²) >= 11 is 0. The van der Waals surface area contributed by atoms with Crippen LogP contribution >= 0.6 is 0 Å². The zero-order valence-electron chi connectivity index (χ0n) is 11.5. The Morgan fingerprint density at radius 1 is 1.30 bits per heavy atom. The molecule has 0 aromatic heterocycles. The average Bonchev–Trinajstić information content (AvgIpc) is 2.30. The zero-order chi connectivity index (χ0) is 15.5. The summed E-state index contributed by atoms with van der Waals surface area (Å²) in [4.78, 5) is 22.0. The zero-order valence-corrected chi connectivity index (χ0v) is 12.3. The van der Waals surface area contributed by atoms with Gasteiger partial charge in [0.15, 0.2) is 9.84 Å². The van der Waals surface area contributed by atoms with Gasteiger partial charge in [0.1, 0.15) is 6.04 Å². The highest BCUT2D eigenvalue weighted by molar-refractivity contribution is 7.91. The number of benzene rings is 1. The van der Waals surface area contributed by atoms with Gasteiger partial charge in [0, 0.05) is 6.92 Å². The normalized spacial score (nSPS) is 12.8. The number of hydrogen-bond acceptors (Lipinski definition) is 4. The monoisotopic (exact) mass is 299 g/mol. The molecule has 1 atom stereocenters. The van der Waals surface area contributed by atoms with E-state index in [-0.39, 0.29) is 4.90 Å². The van der Waals surface area contributed by atoms with Gasteiger partial charge < -0.3 is 10.4 Å². The van der Waals surface area contributed by atoms with Crippen LogP contribution in [0.2, 0.25) is 0 Å². The van der Waals surface area contributed by atoms with Crippen LogP contribution in [-0.4, -0.2) is 37.2 Å². The summed E-state index contributed by atoms with van der Waals surface area (Å²) in [5.41, 5.74) is 1.31. The van der Waals surface area contributed by atoms with E-state index in [1.807, 2.05) is 0 Å². The van der Waals surface area contributed by atoms with E-state index in [1.165, 1.54) is 6.07 Å². The number of carbonyl (C=O) groups is 2. The van der Waals surface area contributed by atoms with Crippen LogP contribution in [0.1, 0.15) is 18.1 Å². The molecule has 20 heavy (non-hydrogen) atoms. The van der Waals surface area contributed by atoms with Gasteiger partial charge in [0.05, 0.1) is 10.6 Å². The maximum Gasteiger partial charge on any atom is 0.327 e. The third kappa shape index (κ3) is 4.06. The van der Waals surface area contributed by atoms with E-state index >= 15 is 0 Å². The summed E-state index contributed by atoms with van der Waals surface area (Å²) in [6.07, 6.45) is 0. The molecule has 0 radical (unpaired) electrons. The Morgan fingerprint density at radius 2 is 1.90 bits per heavy atom. The first kappa shape index (κ1) is 16.2. The van der Waals surface area contributed by atoms with Gasteiger partial charge >= 0.3 is 5.97 Å². The summed E-state index contributed by atoms with van der Waals surface area (Å²) in [6, 6.07) is 3.47. The molecule has 1 amide bonds. The Morgan fingerprint density at radius 3 is 2.40 bits per heavy atom. The number of amides is 1. The van der Waals surface area contributed by atoms with Crippen molar-refractivity contribution in [1.29, 1.82) is 0 Å². The van der Waals surface area contributed by atoms with Gasteiger partial charge in [-0.2, -0.15) is 0 Å². The van der Waals surface area contributed by atoms with Gasteiger partial charge in [0.25, 0.3) is 0 Å².